The second-order valence-electron chi connectivity index (χ2n) is 7.17. The first-order valence-electron chi connectivity index (χ1n) is 9.20. The van der Waals surface area contributed by atoms with Crippen LogP contribution in [0.25, 0.3) is 0 Å². The molecule has 1 N–H and O–H groups in total. The Hall–Kier alpha value is -2.73. The van der Waals surface area contributed by atoms with Crippen molar-refractivity contribution in [3.05, 3.63) is 29.7 Å². The molecule has 0 bridgehead atoms. The summed E-state index contributed by atoms with van der Waals surface area (Å²) in [5, 5.41) is 6.32. The summed E-state index contributed by atoms with van der Waals surface area (Å²) < 4.78 is 67.2. The second kappa shape index (κ2) is 7.20. The fourth-order valence-electron chi connectivity index (χ4n) is 3.62. The van der Waals surface area contributed by atoms with E-state index in [4.69, 9.17) is 4.52 Å². The minimum atomic E-state index is -3.86. The summed E-state index contributed by atoms with van der Waals surface area (Å²) in [5.41, 5.74) is 0.502. The van der Waals surface area contributed by atoms with Gasteiger partial charge >= 0.3 is 6.29 Å². The Balaban J connectivity index is 1.47. The van der Waals surface area contributed by atoms with E-state index in [0.29, 0.717) is 12.8 Å². The number of rotatable bonds is 4. The number of sulfonamides is 1. The molecule has 9 nitrogen and oxygen atoms in total. The van der Waals surface area contributed by atoms with Crippen molar-refractivity contribution in [2.24, 2.45) is 5.92 Å². The SMILES string of the molecule is Cc1noc(C)c1S(=O)(=O)N1CCCC(C(=O)Nc2ccc3c(c2)OC(F)(F)O3)C1. The van der Waals surface area contributed by atoms with E-state index in [-0.39, 0.29) is 46.6 Å². The Kier molecular flexibility index (Phi) is 4.93. The molecule has 2 aromatic rings. The minimum absolute atomic E-state index is 0.0130. The average Bonchev–Trinajstić information content (AvgIpc) is 3.18. The molecule has 0 radical (unpaired) electrons. The molecule has 4 rings (SSSR count). The van der Waals surface area contributed by atoms with Gasteiger partial charge in [-0.3, -0.25) is 4.79 Å². The number of alkyl halides is 2. The van der Waals surface area contributed by atoms with Gasteiger partial charge in [-0.1, -0.05) is 5.16 Å². The maximum Gasteiger partial charge on any atom is 0.586 e. The summed E-state index contributed by atoms with van der Waals surface area (Å²) in [6, 6.07) is 3.90. The van der Waals surface area contributed by atoms with Crippen molar-refractivity contribution in [3.8, 4) is 11.5 Å². The van der Waals surface area contributed by atoms with Gasteiger partial charge in [-0.25, -0.2) is 8.42 Å². The molecule has 1 unspecified atom stereocenters. The highest BCUT2D eigenvalue weighted by Crippen LogP contribution is 2.42. The lowest BCUT2D eigenvalue weighted by Crippen LogP contribution is -2.43. The van der Waals surface area contributed by atoms with E-state index in [9.17, 15) is 22.0 Å². The van der Waals surface area contributed by atoms with Crippen LogP contribution in [0.3, 0.4) is 0 Å². The van der Waals surface area contributed by atoms with Crippen molar-refractivity contribution in [2.75, 3.05) is 18.4 Å². The van der Waals surface area contributed by atoms with Crippen molar-refractivity contribution in [3.63, 3.8) is 0 Å². The third kappa shape index (κ3) is 3.72. The Bertz CT molecular complexity index is 1080. The number of anilines is 1. The normalized spacial score (nSPS) is 20.9. The lowest BCUT2D eigenvalue weighted by Gasteiger charge is -2.31. The Morgan fingerprint density at radius 1 is 1.27 bits per heavy atom. The molecule has 30 heavy (non-hydrogen) atoms. The van der Waals surface area contributed by atoms with Crippen LogP contribution in [0.5, 0.6) is 11.5 Å². The Morgan fingerprint density at radius 2 is 2.00 bits per heavy atom. The van der Waals surface area contributed by atoms with Gasteiger partial charge in [-0.2, -0.15) is 4.31 Å². The number of hydrogen-bond donors (Lipinski definition) is 1. The molecular formula is C18H19F2N3O6S. The smallest absolute Gasteiger partial charge is 0.395 e. The lowest BCUT2D eigenvalue weighted by atomic mass is 9.98. The van der Waals surface area contributed by atoms with Gasteiger partial charge < -0.3 is 19.3 Å². The Morgan fingerprint density at radius 3 is 2.70 bits per heavy atom. The van der Waals surface area contributed by atoms with Crippen LogP contribution < -0.4 is 14.8 Å². The van der Waals surface area contributed by atoms with E-state index in [1.807, 2.05) is 0 Å². The third-order valence-electron chi connectivity index (χ3n) is 4.99. The number of aryl methyl sites for hydroxylation is 2. The zero-order valence-corrected chi connectivity index (χ0v) is 17.0. The van der Waals surface area contributed by atoms with E-state index >= 15 is 0 Å². The number of piperidine rings is 1. The number of carbonyl (C=O) groups excluding carboxylic acids is 1. The van der Waals surface area contributed by atoms with Crippen LogP contribution in [-0.4, -0.2) is 43.2 Å². The van der Waals surface area contributed by atoms with Crippen LogP contribution in [0.2, 0.25) is 0 Å². The molecule has 162 valence electrons. The first-order valence-corrected chi connectivity index (χ1v) is 10.6. The number of benzene rings is 1. The number of carbonyl (C=O) groups is 1. The highest BCUT2D eigenvalue weighted by molar-refractivity contribution is 7.89. The van der Waals surface area contributed by atoms with E-state index in [1.54, 1.807) is 6.92 Å². The summed E-state index contributed by atoms with van der Waals surface area (Å²) >= 11 is 0. The molecule has 1 atom stereocenters. The zero-order chi connectivity index (χ0) is 21.7. The highest BCUT2D eigenvalue weighted by Gasteiger charge is 2.43. The average molecular weight is 443 g/mol. The maximum atomic E-state index is 13.1. The molecular weight excluding hydrogens is 424 g/mol. The monoisotopic (exact) mass is 443 g/mol. The van der Waals surface area contributed by atoms with Crippen LogP contribution in [0.1, 0.15) is 24.3 Å². The zero-order valence-electron chi connectivity index (χ0n) is 16.1. The molecule has 1 saturated heterocycles. The number of ether oxygens (including phenoxy) is 2. The van der Waals surface area contributed by atoms with Crippen molar-refractivity contribution in [2.45, 2.75) is 37.9 Å². The molecule has 3 heterocycles. The van der Waals surface area contributed by atoms with Crippen LogP contribution in [0.15, 0.2) is 27.6 Å². The molecule has 2 aliphatic heterocycles. The molecule has 1 amide bonds. The van der Waals surface area contributed by atoms with Gasteiger partial charge in [0.1, 0.15) is 10.6 Å². The van der Waals surface area contributed by atoms with Gasteiger partial charge in [0.2, 0.25) is 15.9 Å². The standard InChI is InChI=1S/C18H19F2N3O6S/c1-10-16(11(2)29-22-10)30(25,26)23-7-3-4-12(9-23)17(24)21-13-5-6-14-15(8-13)28-18(19,20)27-14/h5-6,8,12H,3-4,7,9H2,1-2H3,(H,21,24). The van der Waals surface area contributed by atoms with Crippen LogP contribution >= 0.6 is 0 Å². The summed E-state index contributed by atoms with van der Waals surface area (Å²) in [6.07, 6.45) is -2.77. The number of nitrogens with one attached hydrogen (secondary N) is 1. The summed E-state index contributed by atoms with van der Waals surface area (Å²) in [4.78, 5) is 12.7. The largest absolute Gasteiger partial charge is 0.586 e. The van der Waals surface area contributed by atoms with E-state index in [1.165, 1.54) is 29.4 Å². The number of hydrogen-bond acceptors (Lipinski definition) is 7. The van der Waals surface area contributed by atoms with Gasteiger partial charge in [0, 0.05) is 24.8 Å². The van der Waals surface area contributed by atoms with Gasteiger partial charge in [-0.05, 0) is 38.8 Å². The third-order valence-corrected chi connectivity index (χ3v) is 7.10. The van der Waals surface area contributed by atoms with Crippen molar-refractivity contribution in [1.29, 1.82) is 0 Å². The topological polar surface area (TPSA) is 111 Å². The summed E-state index contributed by atoms with van der Waals surface area (Å²) in [5.74, 6) is -1.16. The van der Waals surface area contributed by atoms with Crippen LogP contribution in [0, 0.1) is 19.8 Å². The summed E-state index contributed by atoms with van der Waals surface area (Å²) in [6.45, 7) is 3.32. The molecule has 2 aliphatic rings. The maximum absolute atomic E-state index is 13.1. The van der Waals surface area contributed by atoms with Gasteiger partial charge in [-0.15, -0.1) is 8.78 Å². The van der Waals surface area contributed by atoms with Gasteiger partial charge in [0.25, 0.3) is 0 Å². The fraction of sp³-hybridized carbons (Fsp3) is 0.444. The first kappa shape index (κ1) is 20.5. The molecule has 0 aliphatic carbocycles. The molecule has 0 saturated carbocycles. The number of halogens is 2. The molecule has 0 spiro atoms. The molecule has 12 heteroatoms. The fourth-order valence-corrected chi connectivity index (χ4v) is 5.43. The second-order valence-corrected chi connectivity index (χ2v) is 9.05. The number of amides is 1. The highest BCUT2D eigenvalue weighted by atomic mass is 32.2. The molecule has 1 fully saturated rings. The van der Waals surface area contributed by atoms with Crippen LogP contribution in [0.4, 0.5) is 14.5 Å². The first-order chi connectivity index (χ1) is 14.1. The number of nitrogens with zero attached hydrogens (tertiary/aromatic N) is 2. The predicted molar refractivity (Wildman–Crippen MR) is 98.7 cm³/mol. The van der Waals surface area contributed by atoms with Gasteiger partial charge in [0.05, 0.1) is 5.92 Å². The quantitative estimate of drug-likeness (QED) is 0.773. The van der Waals surface area contributed by atoms with Crippen molar-refractivity contribution < 1.29 is 36.0 Å². The van der Waals surface area contributed by atoms with Crippen molar-refractivity contribution in [1.82, 2.24) is 9.46 Å². The van der Waals surface area contributed by atoms with E-state index < -0.39 is 28.1 Å². The van der Waals surface area contributed by atoms with Gasteiger partial charge in [0.15, 0.2) is 17.3 Å². The summed E-state index contributed by atoms with van der Waals surface area (Å²) in [7, 11) is -3.86. The van der Waals surface area contributed by atoms with E-state index in [0.717, 1.165) is 0 Å². The lowest BCUT2D eigenvalue weighted by molar-refractivity contribution is -0.286. The van der Waals surface area contributed by atoms with Crippen LogP contribution in [-0.2, 0) is 14.8 Å². The van der Waals surface area contributed by atoms with Crippen molar-refractivity contribution >= 4 is 21.6 Å². The predicted octanol–water partition coefficient (Wildman–Crippen LogP) is 2.65. The molecule has 1 aromatic carbocycles. The minimum Gasteiger partial charge on any atom is -0.395 e. The molecule has 1 aromatic heterocycles. The van der Waals surface area contributed by atoms with E-state index in [2.05, 4.69) is 19.9 Å². The number of aromatic nitrogens is 1. The number of fused-ring (bicyclic) bond motifs is 1. The Labute approximate surface area is 171 Å².